The van der Waals surface area contributed by atoms with Gasteiger partial charge in [0.15, 0.2) is 5.96 Å². The van der Waals surface area contributed by atoms with Gasteiger partial charge >= 0.3 is 0 Å². The Morgan fingerprint density at radius 3 is 2.65 bits per heavy atom. The average Bonchev–Trinajstić information content (AvgIpc) is 2.32. The predicted molar refractivity (Wildman–Crippen MR) is 68.0 cm³/mol. The first kappa shape index (κ1) is 11.9. The van der Waals surface area contributed by atoms with Crippen molar-refractivity contribution in [3.63, 3.8) is 0 Å². The van der Waals surface area contributed by atoms with Crippen molar-refractivity contribution in [2.75, 3.05) is 26.3 Å². The lowest BCUT2D eigenvalue weighted by Gasteiger charge is -2.26. The maximum Gasteiger partial charge on any atom is 0.191 e. The SMILES string of the molecule is NC(N)=Nc1ccccc1CN1CCOCC1. The maximum absolute atomic E-state index is 5.42. The van der Waals surface area contributed by atoms with E-state index in [4.69, 9.17) is 16.2 Å². The van der Waals surface area contributed by atoms with E-state index in [2.05, 4.69) is 16.0 Å². The summed E-state index contributed by atoms with van der Waals surface area (Å²) in [5.41, 5.74) is 12.8. The van der Waals surface area contributed by atoms with Gasteiger partial charge in [0.05, 0.1) is 18.9 Å². The van der Waals surface area contributed by atoms with E-state index in [1.807, 2.05) is 18.2 Å². The van der Waals surface area contributed by atoms with Gasteiger partial charge in [-0.15, -0.1) is 0 Å². The van der Waals surface area contributed by atoms with E-state index in [0.717, 1.165) is 44.1 Å². The van der Waals surface area contributed by atoms with E-state index < -0.39 is 0 Å². The molecule has 0 bridgehead atoms. The van der Waals surface area contributed by atoms with E-state index in [-0.39, 0.29) is 5.96 Å². The second-order valence-electron chi connectivity index (χ2n) is 4.05. The molecular weight excluding hydrogens is 216 g/mol. The monoisotopic (exact) mass is 234 g/mol. The Morgan fingerprint density at radius 2 is 1.94 bits per heavy atom. The van der Waals surface area contributed by atoms with Crippen LogP contribution in [0.1, 0.15) is 5.56 Å². The first-order valence-corrected chi connectivity index (χ1v) is 5.73. The number of aliphatic imine (C=N–C) groups is 1. The molecule has 92 valence electrons. The summed E-state index contributed by atoms with van der Waals surface area (Å²) in [7, 11) is 0. The fourth-order valence-corrected chi connectivity index (χ4v) is 1.89. The molecule has 0 aliphatic carbocycles. The summed E-state index contributed by atoms with van der Waals surface area (Å²) in [5, 5.41) is 0. The summed E-state index contributed by atoms with van der Waals surface area (Å²) in [6.45, 7) is 4.36. The lowest BCUT2D eigenvalue weighted by atomic mass is 10.1. The van der Waals surface area contributed by atoms with Gasteiger partial charge in [0, 0.05) is 19.6 Å². The van der Waals surface area contributed by atoms with E-state index in [1.165, 1.54) is 0 Å². The predicted octanol–water partition coefficient (Wildman–Crippen LogP) is 0.424. The summed E-state index contributed by atoms with van der Waals surface area (Å²) in [6, 6.07) is 7.92. The van der Waals surface area contributed by atoms with Gasteiger partial charge in [-0.25, -0.2) is 4.99 Å². The van der Waals surface area contributed by atoms with Crippen molar-refractivity contribution in [3.05, 3.63) is 29.8 Å². The fraction of sp³-hybridized carbons (Fsp3) is 0.417. The molecule has 5 heteroatoms. The summed E-state index contributed by atoms with van der Waals surface area (Å²) in [6.07, 6.45) is 0. The molecular formula is C12H18N4O. The zero-order valence-corrected chi connectivity index (χ0v) is 9.80. The molecule has 0 amide bonds. The third-order valence-corrected chi connectivity index (χ3v) is 2.74. The van der Waals surface area contributed by atoms with Gasteiger partial charge < -0.3 is 16.2 Å². The van der Waals surface area contributed by atoms with Gasteiger partial charge in [0.2, 0.25) is 0 Å². The minimum atomic E-state index is 0.0967. The third kappa shape index (κ3) is 3.44. The van der Waals surface area contributed by atoms with Crippen molar-refractivity contribution < 1.29 is 4.74 Å². The number of nitrogens with zero attached hydrogens (tertiary/aromatic N) is 2. The van der Waals surface area contributed by atoms with Crippen LogP contribution in [0.25, 0.3) is 0 Å². The maximum atomic E-state index is 5.42. The quantitative estimate of drug-likeness (QED) is 0.587. The van der Waals surface area contributed by atoms with Gasteiger partial charge in [0.25, 0.3) is 0 Å². The molecule has 0 saturated carbocycles. The van der Waals surface area contributed by atoms with Crippen molar-refractivity contribution in [2.45, 2.75) is 6.54 Å². The Balaban J connectivity index is 2.11. The highest BCUT2D eigenvalue weighted by atomic mass is 16.5. The van der Waals surface area contributed by atoms with Gasteiger partial charge in [-0.2, -0.15) is 0 Å². The Hall–Kier alpha value is -1.59. The molecule has 0 aromatic heterocycles. The van der Waals surface area contributed by atoms with E-state index in [1.54, 1.807) is 0 Å². The second-order valence-corrected chi connectivity index (χ2v) is 4.05. The van der Waals surface area contributed by atoms with E-state index >= 15 is 0 Å². The molecule has 1 aliphatic heterocycles. The van der Waals surface area contributed by atoms with Crippen LogP contribution in [0.15, 0.2) is 29.3 Å². The highest BCUT2D eigenvalue weighted by molar-refractivity contribution is 5.79. The molecule has 4 N–H and O–H groups in total. The van der Waals surface area contributed by atoms with Gasteiger partial charge in [0.1, 0.15) is 0 Å². The lowest BCUT2D eigenvalue weighted by molar-refractivity contribution is 0.0342. The Morgan fingerprint density at radius 1 is 1.24 bits per heavy atom. The number of hydrogen-bond donors (Lipinski definition) is 2. The Kier molecular flexibility index (Phi) is 3.95. The van der Waals surface area contributed by atoms with Crippen LogP contribution in [0.5, 0.6) is 0 Å². The first-order valence-electron chi connectivity index (χ1n) is 5.73. The largest absolute Gasteiger partial charge is 0.379 e. The normalized spacial score (nSPS) is 16.7. The minimum Gasteiger partial charge on any atom is -0.379 e. The van der Waals surface area contributed by atoms with Crippen LogP contribution in [-0.2, 0) is 11.3 Å². The second kappa shape index (κ2) is 5.65. The van der Waals surface area contributed by atoms with Crippen LogP contribution in [0.4, 0.5) is 5.69 Å². The molecule has 1 aromatic carbocycles. The molecule has 1 aromatic rings. The number of guanidine groups is 1. The minimum absolute atomic E-state index is 0.0967. The smallest absolute Gasteiger partial charge is 0.191 e. The van der Waals surface area contributed by atoms with Crippen LogP contribution in [0.2, 0.25) is 0 Å². The Labute approximate surface area is 101 Å². The molecule has 0 spiro atoms. The number of benzene rings is 1. The van der Waals surface area contributed by atoms with Gasteiger partial charge in [-0.05, 0) is 11.6 Å². The summed E-state index contributed by atoms with van der Waals surface area (Å²) >= 11 is 0. The molecule has 1 fully saturated rings. The highest BCUT2D eigenvalue weighted by Crippen LogP contribution is 2.20. The van der Waals surface area contributed by atoms with Crippen LogP contribution in [0, 0.1) is 0 Å². The molecule has 0 unspecified atom stereocenters. The third-order valence-electron chi connectivity index (χ3n) is 2.74. The number of rotatable bonds is 3. The molecule has 0 radical (unpaired) electrons. The van der Waals surface area contributed by atoms with Gasteiger partial charge in [-0.1, -0.05) is 18.2 Å². The van der Waals surface area contributed by atoms with E-state index in [0.29, 0.717) is 0 Å². The van der Waals surface area contributed by atoms with Crippen molar-refractivity contribution >= 4 is 11.6 Å². The zero-order valence-electron chi connectivity index (χ0n) is 9.80. The highest BCUT2D eigenvalue weighted by Gasteiger charge is 2.12. The summed E-state index contributed by atoms with van der Waals surface area (Å²) in [5.74, 6) is 0.0967. The molecule has 17 heavy (non-hydrogen) atoms. The number of nitrogens with two attached hydrogens (primary N) is 2. The van der Waals surface area contributed by atoms with Crippen LogP contribution >= 0.6 is 0 Å². The zero-order chi connectivity index (χ0) is 12.1. The van der Waals surface area contributed by atoms with Crippen molar-refractivity contribution in [1.29, 1.82) is 0 Å². The standard InChI is InChI=1S/C12H18N4O/c13-12(14)15-11-4-2-1-3-10(11)9-16-5-7-17-8-6-16/h1-4H,5-9H2,(H4,13,14,15). The van der Waals surface area contributed by atoms with Crippen molar-refractivity contribution in [3.8, 4) is 0 Å². The molecule has 5 nitrogen and oxygen atoms in total. The Bertz CT molecular complexity index is 395. The van der Waals surface area contributed by atoms with Crippen molar-refractivity contribution in [2.24, 2.45) is 16.5 Å². The average molecular weight is 234 g/mol. The molecule has 1 aliphatic rings. The number of para-hydroxylation sites is 1. The summed E-state index contributed by atoms with van der Waals surface area (Å²) in [4.78, 5) is 6.48. The molecule has 1 heterocycles. The van der Waals surface area contributed by atoms with Crippen molar-refractivity contribution in [1.82, 2.24) is 4.90 Å². The lowest BCUT2D eigenvalue weighted by Crippen LogP contribution is -2.35. The molecule has 1 saturated heterocycles. The molecule has 0 atom stereocenters. The number of hydrogen-bond acceptors (Lipinski definition) is 3. The number of morpholine rings is 1. The van der Waals surface area contributed by atoms with Crippen LogP contribution < -0.4 is 11.5 Å². The van der Waals surface area contributed by atoms with Crippen LogP contribution in [-0.4, -0.2) is 37.2 Å². The molecule has 2 rings (SSSR count). The van der Waals surface area contributed by atoms with Gasteiger partial charge in [-0.3, -0.25) is 4.90 Å². The first-order chi connectivity index (χ1) is 8.25. The topological polar surface area (TPSA) is 76.9 Å². The van der Waals surface area contributed by atoms with E-state index in [9.17, 15) is 0 Å². The fourth-order valence-electron chi connectivity index (χ4n) is 1.89. The van der Waals surface area contributed by atoms with Crippen LogP contribution in [0.3, 0.4) is 0 Å². The summed E-state index contributed by atoms with van der Waals surface area (Å²) < 4.78 is 5.32. The number of ether oxygens (including phenoxy) is 1.